The Morgan fingerprint density at radius 2 is 2.30 bits per heavy atom. The summed E-state index contributed by atoms with van der Waals surface area (Å²) in [6.45, 7) is 1.52. The second kappa shape index (κ2) is 6.62. The maximum absolute atomic E-state index is 11.9. The molecule has 1 saturated heterocycles. The van der Waals surface area contributed by atoms with Gasteiger partial charge >= 0.3 is 0 Å². The highest BCUT2D eigenvalue weighted by molar-refractivity contribution is 5.79. The van der Waals surface area contributed by atoms with E-state index in [-0.39, 0.29) is 30.6 Å². The molecule has 0 saturated carbocycles. The van der Waals surface area contributed by atoms with Crippen LogP contribution in [0.4, 0.5) is 5.69 Å². The number of ketones is 1. The van der Waals surface area contributed by atoms with Crippen LogP contribution in [-0.4, -0.2) is 55.6 Å². The summed E-state index contributed by atoms with van der Waals surface area (Å²) in [4.78, 5) is 25.4. The van der Waals surface area contributed by atoms with Crippen molar-refractivity contribution in [2.24, 2.45) is 0 Å². The zero-order valence-corrected chi connectivity index (χ0v) is 11.7. The molecule has 7 nitrogen and oxygen atoms in total. The van der Waals surface area contributed by atoms with Gasteiger partial charge in [-0.3, -0.25) is 9.59 Å². The summed E-state index contributed by atoms with van der Waals surface area (Å²) in [5.74, 6) is -0.185. The molecule has 1 aliphatic heterocycles. The summed E-state index contributed by atoms with van der Waals surface area (Å²) in [7, 11) is 3.13. The number of rotatable bonds is 6. The predicted octanol–water partition coefficient (Wildman–Crippen LogP) is -0.316. The van der Waals surface area contributed by atoms with Crippen molar-refractivity contribution in [3.05, 3.63) is 22.6 Å². The molecule has 0 bridgehead atoms. The van der Waals surface area contributed by atoms with Crippen LogP contribution in [-0.2, 0) is 20.8 Å². The summed E-state index contributed by atoms with van der Waals surface area (Å²) in [6.07, 6.45) is 2.74. The van der Waals surface area contributed by atoms with E-state index in [1.54, 1.807) is 13.3 Å². The van der Waals surface area contributed by atoms with Crippen molar-refractivity contribution in [1.82, 2.24) is 9.78 Å². The van der Waals surface area contributed by atoms with E-state index in [9.17, 15) is 9.59 Å². The first kappa shape index (κ1) is 14.7. The zero-order valence-electron chi connectivity index (χ0n) is 11.7. The van der Waals surface area contributed by atoms with Gasteiger partial charge in [-0.15, -0.1) is 0 Å². The van der Waals surface area contributed by atoms with E-state index in [1.807, 2.05) is 0 Å². The fourth-order valence-corrected chi connectivity index (χ4v) is 2.24. The van der Waals surface area contributed by atoms with Crippen molar-refractivity contribution in [1.29, 1.82) is 0 Å². The number of anilines is 1. The van der Waals surface area contributed by atoms with Crippen molar-refractivity contribution in [3.8, 4) is 0 Å². The Morgan fingerprint density at radius 3 is 2.90 bits per heavy atom. The summed E-state index contributed by atoms with van der Waals surface area (Å²) in [6, 6.07) is 1.51. The van der Waals surface area contributed by atoms with Crippen LogP contribution in [0.5, 0.6) is 0 Å². The van der Waals surface area contributed by atoms with E-state index in [0.29, 0.717) is 0 Å². The van der Waals surface area contributed by atoms with Gasteiger partial charge in [0.2, 0.25) is 0 Å². The molecule has 0 amide bonds. The molecule has 0 aromatic carbocycles. The first-order chi connectivity index (χ1) is 9.63. The van der Waals surface area contributed by atoms with E-state index in [4.69, 9.17) is 9.47 Å². The van der Waals surface area contributed by atoms with Gasteiger partial charge < -0.3 is 14.4 Å². The fraction of sp³-hybridized carbons (Fsp3) is 0.615. The molecule has 20 heavy (non-hydrogen) atoms. The Balaban J connectivity index is 2.06. The number of ether oxygens (including phenoxy) is 2. The van der Waals surface area contributed by atoms with E-state index in [0.717, 1.165) is 29.9 Å². The minimum absolute atomic E-state index is 0.0164. The highest BCUT2D eigenvalue weighted by Crippen LogP contribution is 2.19. The first-order valence-electron chi connectivity index (χ1n) is 6.49. The molecule has 2 rings (SSSR count). The molecule has 1 unspecified atom stereocenters. The lowest BCUT2D eigenvalue weighted by molar-refractivity contribution is -0.123. The molecule has 0 N–H and O–H groups in total. The summed E-state index contributed by atoms with van der Waals surface area (Å²) < 4.78 is 11.2. The molecule has 0 spiro atoms. The van der Waals surface area contributed by atoms with E-state index in [2.05, 4.69) is 10.00 Å². The number of nitrogens with zero attached hydrogens (tertiary/aromatic N) is 3. The van der Waals surface area contributed by atoms with Crippen LogP contribution in [0.25, 0.3) is 0 Å². The van der Waals surface area contributed by atoms with E-state index < -0.39 is 0 Å². The van der Waals surface area contributed by atoms with Crippen LogP contribution in [0.1, 0.15) is 6.42 Å². The van der Waals surface area contributed by atoms with Gasteiger partial charge in [0.05, 0.1) is 18.0 Å². The van der Waals surface area contributed by atoms with Crippen LogP contribution in [0, 0.1) is 0 Å². The molecule has 2 heterocycles. The maximum Gasteiger partial charge on any atom is 0.269 e. The lowest BCUT2D eigenvalue weighted by Gasteiger charge is -2.17. The smallest absolute Gasteiger partial charge is 0.269 e. The summed E-state index contributed by atoms with van der Waals surface area (Å²) in [5.41, 5.74) is 0.484. The Kier molecular flexibility index (Phi) is 4.86. The Morgan fingerprint density at radius 1 is 1.50 bits per heavy atom. The topological polar surface area (TPSA) is 73.7 Å². The lowest BCUT2D eigenvalue weighted by Crippen LogP contribution is -2.30. The maximum atomic E-state index is 11.9. The standard InChI is InChI=1S/C13H19N3O4/c1-19-9-11(17)7-16-13(18)5-10(6-14-16)15-4-3-12(8-15)20-2/h5-6,12H,3-4,7-9H2,1-2H3. The first-order valence-corrected chi connectivity index (χ1v) is 6.49. The zero-order chi connectivity index (χ0) is 14.5. The van der Waals surface area contributed by atoms with Gasteiger partial charge in [0.15, 0.2) is 5.78 Å². The third-order valence-electron chi connectivity index (χ3n) is 3.33. The molecular weight excluding hydrogens is 262 g/mol. The number of hydrogen-bond acceptors (Lipinski definition) is 6. The molecular formula is C13H19N3O4. The van der Waals surface area contributed by atoms with Gasteiger partial charge in [0.1, 0.15) is 13.2 Å². The number of carbonyl (C=O) groups is 1. The highest BCUT2D eigenvalue weighted by atomic mass is 16.5. The molecule has 0 radical (unpaired) electrons. The molecule has 1 fully saturated rings. The third kappa shape index (κ3) is 3.43. The van der Waals surface area contributed by atoms with Crippen molar-refractivity contribution < 1.29 is 14.3 Å². The summed E-state index contributed by atoms with van der Waals surface area (Å²) in [5, 5.41) is 4.04. The Hall–Kier alpha value is -1.73. The molecule has 1 aliphatic rings. The SMILES string of the molecule is COCC(=O)Cn1ncc(N2CCC(OC)C2)cc1=O. The highest BCUT2D eigenvalue weighted by Gasteiger charge is 2.22. The number of methoxy groups -OCH3 is 2. The normalized spacial score (nSPS) is 18.5. The van der Waals surface area contributed by atoms with Gasteiger partial charge in [-0.2, -0.15) is 5.10 Å². The summed E-state index contributed by atoms with van der Waals surface area (Å²) >= 11 is 0. The van der Waals surface area contributed by atoms with Crippen LogP contribution >= 0.6 is 0 Å². The average Bonchev–Trinajstić information content (AvgIpc) is 2.90. The van der Waals surface area contributed by atoms with E-state index >= 15 is 0 Å². The van der Waals surface area contributed by atoms with Crippen molar-refractivity contribution in [2.75, 3.05) is 38.8 Å². The van der Waals surface area contributed by atoms with Crippen LogP contribution in [0.3, 0.4) is 0 Å². The average molecular weight is 281 g/mol. The molecule has 110 valence electrons. The second-order valence-electron chi connectivity index (χ2n) is 4.77. The van der Waals surface area contributed by atoms with Gasteiger partial charge in [-0.25, -0.2) is 4.68 Å². The van der Waals surface area contributed by atoms with Crippen LogP contribution < -0.4 is 10.5 Å². The molecule has 1 atom stereocenters. The third-order valence-corrected chi connectivity index (χ3v) is 3.33. The van der Waals surface area contributed by atoms with Crippen molar-refractivity contribution >= 4 is 11.5 Å². The Bertz CT molecular complexity index is 529. The predicted molar refractivity (Wildman–Crippen MR) is 73.0 cm³/mol. The molecule has 7 heteroatoms. The van der Waals surface area contributed by atoms with E-state index in [1.165, 1.54) is 13.2 Å². The number of aromatic nitrogens is 2. The monoisotopic (exact) mass is 281 g/mol. The molecule has 1 aromatic heterocycles. The fourth-order valence-electron chi connectivity index (χ4n) is 2.24. The minimum Gasteiger partial charge on any atom is -0.380 e. The van der Waals surface area contributed by atoms with Gasteiger partial charge in [-0.05, 0) is 6.42 Å². The number of hydrogen-bond donors (Lipinski definition) is 0. The number of carbonyl (C=O) groups excluding carboxylic acids is 1. The van der Waals surface area contributed by atoms with Crippen LogP contribution in [0.2, 0.25) is 0 Å². The van der Waals surface area contributed by atoms with Gasteiger partial charge in [-0.1, -0.05) is 0 Å². The molecule has 0 aliphatic carbocycles. The quantitative estimate of drug-likeness (QED) is 0.712. The number of Topliss-reactive ketones (excluding diaryl/α,β-unsaturated/α-hetero) is 1. The van der Waals surface area contributed by atoms with Crippen molar-refractivity contribution in [3.63, 3.8) is 0 Å². The molecule has 1 aromatic rings. The van der Waals surface area contributed by atoms with Gasteiger partial charge in [0.25, 0.3) is 5.56 Å². The van der Waals surface area contributed by atoms with Gasteiger partial charge in [0, 0.05) is 33.4 Å². The van der Waals surface area contributed by atoms with Crippen molar-refractivity contribution in [2.45, 2.75) is 19.1 Å². The Labute approximate surface area is 117 Å². The lowest BCUT2D eigenvalue weighted by atomic mass is 10.3. The van der Waals surface area contributed by atoms with Crippen LogP contribution in [0.15, 0.2) is 17.1 Å². The largest absolute Gasteiger partial charge is 0.380 e. The minimum atomic E-state index is -0.284. The second-order valence-corrected chi connectivity index (χ2v) is 4.77.